The number of aryl methyl sites for hydroxylation is 1. The van der Waals surface area contributed by atoms with Gasteiger partial charge in [-0.25, -0.2) is 9.29 Å². The van der Waals surface area contributed by atoms with E-state index in [4.69, 9.17) is 0 Å². The van der Waals surface area contributed by atoms with Crippen LogP contribution in [0.3, 0.4) is 0 Å². The Kier molecular flexibility index (Phi) is 3.41. The van der Waals surface area contributed by atoms with Crippen LogP contribution < -0.4 is 10.2 Å². The van der Waals surface area contributed by atoms with Crippen molar-refractivity contribution in [2.24, 2.45) is 11.8 Å². The zero-order chi connectivity index (χ0) is 20.8. The van der Waals surface area contributed by atoms with Crippen molar-refractivity contribution in [1.29, 1.82) is 0 Å². The molecule has 0 saturated carbocycles. The monoisotopic (exact) mass is 405 g/mol. The van der Waals surface area contributed by atoms with Gasteiger partial charge in [-0.3, -0.25) is 19.3 Å². The first-order valence-corrected chi connectivity index (χ1v) is 10.3. The predicted molar refractivity (Wildman–Crippen MR) is 107 cm³/mol. The van der Waals surface area contributed by atoms with Gasteiger partial charge in [0, 0.05) is 17.3 Å². The van der Waals surface area contributed by atoms with E-state index in [1.165, 1.54) is 23.1 Å². The van der Waals surface area contributed by atoms with Crippen LogP contribution in [0, 0.1) is 24.6 Å². The van der Waals surface area contributed by atoms with E-state index in [0.29, 0.717) is 23.5 Å². The maximum absolute atomic E-state index is 14.2. The lowest BCUT2D eigenvalue weighted by Gasteiger charge is -2.36. The lowest BCUT2D eigenvalue weighted by Crippen LogP contribution is -2.54. The number of rotatable bonds is 1. The maximum Gasteiger partial charge on any atom is 0.250 e. The van der Waals surface area contributed by atoms with E-state index in [-0.39, 0.29) is 23.8 Å². The van der Waals surface area contributed by atoms with Crippen molar-refractivity contribution in [3.8, 4) is 0 Å². The molecule has 4 aliphatic heterocycles. The molecule has 0 bridgehead atoms. The molecule has 4 heterocycles. The van der Waals surface area contributed by atoms with Crippen LogP contribution in [-0.2, 0) is 19.9 Å². The van der Waals surface area contributed by atoms with E-state index in [9.17, 15) is 18.8 Å². The molecule has 4 aliphatic rings. The molecule has 3 amide bonds. The molecule has 1 spiro atoms. The van der Waals surface area contributed by atoms with Crippen LogP contribution in [0.15, 0.2) is 42.5 Å². The summed E-state index contributed by atoms with van der Waals surface area (Å²) in [5.41, 5.74) is 1.19. The summed E-state index contributed by atoms with van der Waals surface area (Å²) in [7, 11) is 0. The van der Waals surface area contributed by atoms with Crippen LogP contribution in [0.1, 0.15) is 24.0 Å². The molecule has 152 valence electrons. The van der Waals surface area contributed by atoms with Crippen LogP contribution >= 0.6 is 0 Å². The van der Waals surface area contributed by atoms with Gasteiger partial charge >= 0.3 is 0 Å². The van der Waals surface area contributed by atoms with Gasteiger partial charge in [-0.1, -0.05) is 17.7 Å². The number of benzene rings is 2. The highest BCUT2D eigenvalue weighted by Crippen LogP contribution is 2.60. The number of halogens is 1. The summed E-state index contributed by atoms with van der Waals surface area (Å²) >= 11 is 0. The van der Waals surface area contributed by atoms with Gasteiger partial charge in [0.1, 0.15) is 11.4 Å². The Labute approximate surface area is 172 Å². The van der Waals surface area contributed by atoms with E-state index < -0.39 is 23.2 Å². The van der Waals surface area contributed by atoms with Gasteiger partial charge in [0.15, 0.2) is 0 Å². The summed E-state index contributed by atoms with van der Waals surface area (Å²) in [6.07, 6.45) is 1.57. The van der Waals surface area contributed by atoms with Gasteiger partial charge in [-0.05, 0) is 56.6 Å². The SMILES string of the molecule is Cc1ccc(N2C(=O)[C@@H]3[C@@H]4CCCN4[C@@]4(C(=O)Nc5ccc(F)cc54)[C@H]3C2=O)cc1. The van der Waals surface area contributed by atoms with Crippen molar-refractivity contribution in [3.63, 3.8) is 0 Å². The summed E-state index contributed by atoms with van der Waals surface area (Å²) in [4.78, 5) is 43.9. The van der Waals surface area contributed by atoms with E-state index in [2.05, 4.69) is 5.32 Å². The Hall–Kier alpha value is -3.06. The summed E-state index contributed by atoms with van der Waals surface area (Å²) in [5, 5.41) is 2.85. The molecular weight excluding hydrogens is 385 g/mol. The molecular formula is C23H20FN3O3. The number of hydrogen-bond acceptors (Lipinski definition) is 4. The maximum atomic E-state index is 14.2. The Balaban J connectivity index is 1.56. The minimum Gasteiger partial charge on any atom is -0.324 e. The largest absolute Gasteiger partial charge is 0.324 e. The standard InChI is InChI=1S/C23H20FN3O3/c1-12-4-7-14(8-5-12)27-20(28)18-17-3-2-10-26(17)23(19(18)21(27)29)15-11-13(24)6-9-16(15)25-22(23)30/h4-9,11,17-19H,2-3,10H2,1H3,(H,25,30)/t17-,18+,19+,23+/m0/s1. The number of amides is 3. The summed E-state index contributed by atoms with van der Waals surface area (Å²) in [5.74, 6) is -2.91. The molecule has 0 unspecified atom stereocenters. The van der Waals surface area contributed by atoms with E-state index >= 15 is 0 Å². The Bertz CT molecular complexity index is 1130. The normalized spacial score (nSPS) is 32.0. The van der Waals surface area contributed by atoms with Crippen molar-refractivity contribution in [1.82, 2.24) is 4.90 Å². The molecule has 0 radical (unpaired) electrons. The molecule has 6 rings (SSSR count). The lowest BCUT2D eigenvalue weighted by molar-refractivity contribution is -0.135. The first-order chi connectivity index (χ1) is 14.4. The first-order valence-electron chi connectivity index (χ1n) is 10.3. The van der Waals surface area contributed by atoms with Gasteiger partial charge in [0.2, 0.25) is 17.7 Å². The molecule has 30 heavy (non-hydrogen) atoms. The number of carbonyl (C=O) groups is 3. The van der Waals surface area contributed by atoms with Crippen LogP contribution in [0.4, 0.5) is 15.8 Å². The molecule has 2 aromatic rings. The van der Waals surface area contributed by atoms with Crippen molar-refractivity contribution in [2.75, 3.05) is 16.8 Å². The molecule has 6 nitrogen and oxygen atoms in total. The quantitative estimate of drug-likeness (QED) is 0.741. The number of anilines is 2. The lowest BCUT2D eigenvalue weighted by atomic mass is 9.75. The fourth-order valence-corrected chi connectivity index (χ4v) is 6.12. The van der Waals surface area contributed by atoms with Crippen molar-refractivity contribution in [3.05, 3.63) is 59.4 Å². The fourth-order valence-electron chi connectivity index (χ4n) is 6.12. The summed E-state index contributed by atoms with van der Waals surface area (Å²) in [6, 6.07) is 11.2. The minimum absolute atomic E-state index is 0.207. The van der Waals surface area contributed by atoms with Gasteiger partial charge in [-0.2, -0.15) is 0 Å². The van der Waals surface area contributed by atoms with Crippen molar-refractivity contribution < 1.29 is 18.8 Å². The van der Waals surface area contributed by atoms with Crippen LogP contribution in [-0.4, -0.2) is 35.2 Å². The third-order valence-corrected chi connectivity index (χ3v) is 7.25. The predicted octanol–water partition coefficient (Wildman–Crippen LogP) is 2.57. The van der Waals surface area contributed by atoms with E-state index in [1.807, 2.05) is 24.0 Å². The smallest absolute Gasteiger partial charge is 0.250 e. The van der Waals surface area contributed by atoms with Crippen molar-refractivity contribution in [2.45, 2.75) is 31.3 Å². The number of carbonyl (C=O) groups excluding carboxylic acids is 3. The van der Waals surface area contributed by atoms with Gasteiger partial charge in [-0.15, -0.1) is 0 Å². The van der Waals surface area contributed by atoms with Crippen LogP contribution in [0.5, 0.6) is 0 Å². The summed E-state index contributed by atoms with van der Waals surface area (Å²) < 4.78 is 14.2. The Morgan fingerprint density at radius 1 is 1.07 bits per heavy atom. The van der Waals surface area contributed by atoms with Gasteiger partial charge in [0.05, 0.1) is 17.5 Å². The third-order valence-electron chi connectivity index (χ3n) is 7.25. The fraction of sp³-hybridized carbons (Fsp3) is 0.348. The zero-order valence-corrected chi connectivity index (χ0v) is 16.4. The molecule has 1 N–H and O–H groups in total. The molecule has 3 fully saturated rings. The second kappa shape index (κ2) is 5.76. The number of fused-ring (bicyclic) bond motifs is 7. The topological polar surface area (TPSA) is 69.7 Å². The first kappa shape index (κ1) is 17.8. The Morgan fingerprint density at radius 3 is 2.60 bits per heavy atom. The number of nitrogens with one attached hydrogen (secondary N) is 1. The highest BCUT2D eigenvalue weighted by atomic mass is 19.1. The molecule has 4 atom stereocenters. The number of hydrogen-bond donors (Lipinski definition) is 1. The Morgan fingerprint density at radius 2 is 1.83 bits per heavy atom. The third kappa shape index (κ3) is 1.94. The zero-order valence-electron chi connectivity index (χ0n) is 16.4. The second-order valence-corrected chi connectivity index (χ2v) is 8.66. The molecule has 7 heteroatoms. The average molecular weight is 405 g/mol. The highest BCUT2D eigenvalue weighted by molar-refractivity contribution is 6.25. The van der Waals surface area contributed by atoms with Crippen LogP contribution in [0.2, 0.25) is 0 Å². The number of nitrogens with zero attached hydrogens (tertiary/aromatic N) is 2. The summed E-state index contributed by atoms with van der Waals surface area (Å²) in [6.45, 7) is 2.54. The van der Waals surface area contributed by atoms with Crippen molar-refractivity contribution >= 4 is 29.1 Å². The molecule has 3 saturated heterocycles. The van der Waals surface area contributed by atoms with Crippen LogP contribution in [0.25, 0.3) is 0 Å². The minimum atomic E-state index is -1.34. The highest BCUT2D eigenvalue weighted by Gasteiger charge is 2.74. The van der Waals surface area contributed by atoms with Gasteiger partial charge < -0.3 is 5.32 Å². The second-order valence-electron chi connectivity index (χ2n) is 8.66. The van der Waals surface area contributed by atoms with E-state index in [1.54, 1.807) is 12.1 Å². The molecule has 0 aliphatic carbocycles. The molecule has 2 aromatic carbocycles. The average Bonchev–Trinajstić information content (AvgIpc) is 3.42. The van der Waals surface area contributed by atoms with E-state index in [0.717, 1.165) is 18.4 Å². The molecule has 0 aromatic heterocycles. The number of imide groups is 1. The van der Waals surface area contributed by atoms with Gasteiger partial charge in [0.25, 0.3) is 0 Å².